The molecule has 0 aliphatic rings. The van der Waals surface area contributed by atoms with Gasteiger partial charge in [-0.15, -0.1) is 0 Å². The maximum atomic E-state index is 10.7. The molecule has 3 nitrogen and oxygen atoms in total. The van der Waals surface area contributed by atoms with Crippen molar-refractivity contribution in [2.45, 2.75) is 0 Å². The van der Waals surface area contributed by atoms with Crippen LogP contribution in [-0.4, -0.2) is 48.8 Å². The first-order valence-corrected chi connectivity index (χ1v) is 6.95. The van der Waals surface area contributed by atoms with Crippen LogP contribution in [-0.2, 0) is 0 Å². The van der Waals surface area contributed by atoms with Crippen LogP contribution in [0.4, 0.5) is 4.79 Å². The van der Waals surface area contributed by atoms with Gasteiger partial charge in [0.15, 0.2) is 0 Å². The first-order valence-electron chi connectivity index (χ1n) is 4.01. The third-order valence-electron chi connectivity index (χ3n) is 1.36. The Labute approximate surface area is 93.2 Å². The smallest absolute Gasteiger partial charge is 0.278 e. The largest absolute Gasteiger partial charge is 0.336 e. The van der Waals surface area contributed by atoms with Crippen LogP contribution < -0.4 is 5.32 Å². The monoisotopic (exact) mass is 240 g/mol. The van der Waals surface area contributed by atoms with Gasteiger partial charge >= 0.3 is 0 Å². The van der Waals surface area contributed by atoms with Crippen LogP contribution >= 0.6 is 34.2 Å². The van der Waals surface area contributed by atoms with E-state index in [-0.39, 0.29) is 5.24 Å². The van der Waals surface area contributed by atoms with Crippen molar-refractivity contribution < 1.29 is 4.79 Å². The number of nitrogens with one attached hydrogen (secondary N) is 1. The van der Waals surface area contributed by atoms with Crippen LogP contribution in [0.2, 0.25) is 0 Å². The Morgan fingerprint density at radius 2 is 2.08 bits per heavy atom. The number of hydrogen-bond donors (Lipinski definition) is 2. The van der Waals surface area contributed by atoms with Gasteiger partial charge in [0.1, 0.15) is 0 Å². The molecule has 0 aliphatic carbocycles. The highest BCUT2D eigenvalue weighted by molar-refractivity contribution is 8.76. The fraction of sp³-hybridized carbons (Fsp3) is 0.857. The van der Waals surface area contributed by atoms with Crippen LogP contribution in [0.3, 0.4) is 0 Å². The van der Waals surface area contributed by atoms with Crippen molar-refractivity contribution in [1.29, 1.82) is 0 Å². The van der Waals surface area contributed by atoms with Gasteiger partial charge in [-0.25, -0.2) is 0 Å². The number of thiol groups is 1. The van der Waals surface area contributed by atoms with Crippen molar-refractivity contribution >= 4 is 39.5 Å². The van der Waals surface area contributed by atoms with E-state index in [0.29, 0.717) is 0 Å². The molecule has 0 heterocycles. The van der Waals surface area contributed by atoms with Crippen molar-refractivity contribution in [2.24, 2.45) is 0 Å². The second-order valence-corrected chi connectivity index (χ2v) is 5.54. The Balaban J connectivity index is 3.11. The summed E-state index contributed by atoms with van der Waals surface area (Å²) >= 11 is 3.71. The Morgan fingerprint density at radius 3 is 2.62 bits per heavy atom. The molecule has 0 aromatic heterocycles. The zero-order valence-corrected chi connectivity index (χ0v) is 10.5. The molecule has 0 spiro atoms. The zero-order chi connectivity index (χ0) is 10.1. The maximum absolute atomic E-state index is 10.7. The molecule has 0 aromatic rings. The lowest BCUT2D eigenvalue weighted by molar-refractivity contribution is 0.236. The van der Waals surface area contributed by atoms with Crippen LogP contribution in [0.25, 0.3) is 0 Å². The van der Waals surface area contributed by atoms with E-state index < -0.39 is 0 Å². The quantitative estimate of drug-likeness (QED) is 0.402. The van der Waals surface area contributed by atoms with Gasteiger partial charge in [0.2, 0.25) is 0 Å². The Kier molecular flexibility index (Phi) is 9.39. The first kappa shape index (κ1) is 13.5. The minimum Gasteiger partial charge on any atom is -0.336 e. The fourth-order valence-corrected chi connectivity index (χ4v) is 2.68. The van der Waals surface area contributed by atoms with Gasteiger partial charge in [-0.1, -0.05) is 34.2 Å². The molecule has 0 unspecified atom stereocenters. The summed E-state index contributed by atoms with van der Waals surface area (Å²) in [6.45, 7) is 1.79. The Bertz CT molecular complexity index is 146. The number of carbonyl (C=O) groups excluding carboxylic acids is 1. The van der Waals surface area contributed by atoms with E-state index in [1.165, 1.54) is 0 Å². The van der Waals surface area contributed by atoms with Crippen LogP contribution in [0.15, 0.2) is 0 Å². The molecule has 0 rings (SSSR count). The third kappa shape index (κ3) is 8.80. The summed E-state index contributed by atoms with van der Waals surface area (Å²) in [6, 6.07) is 0. The predicted octanol–water partition coefficient (Wildman–Crippen LogP) is 1.57. The highest BCUT2D eigenvalue weighted by atomic mass is 33.1. The van der Waals surface area contributed by atoms with Gasteiger partial charge in [0.25, 0.3) is 5.24 Å². The Hall–Kier alpha value is 0.480. The Morgan fingerprint density at radius 1 is 1.46 bits per heavy atom. The van der Waals surface area contributed by atoms with Gasteiger partial charge in [-0.3, -0.25) is 4.79 Å². The van der Waals surface area contributed by atoms with Crippen molar-refractivity contribution in [3.63, 3.8) is 0 Å². The molecule has 0 saturated heterocycles. The van der Waals surface area contributed by atoms with E-state index in [9.17, 15) is 4.79 Å². The molecule has 0 bridgehead atoms. The number of hydrogen-bond acceptors (Lipinski definition) is 4. The SMILES string of the molecule is CNCCSSCCN(C)C(=O)S. The molecule has 6 heteroatoms. The standard InChI is InChI=1S/C7H16N2OS3/c1-8-3-5-12-13-6-4-9(2)7(10)11/h8H,3-6H2,1-2H3,(H,10,11). The summed E-state index contributed by atoms with van der Waals surface area (Å²) < 4.78 is 0. The van der Waals surface area contributed by atoms with E-state index >= 15 is 0 Å². The molecule has 0 aromatic carbocycles. The lowest BCUT2D eigenvalue weighted by atomic mass is 10.7. The van der Waals surface area contributed by atoms with Crippen LogP contribution in [0.5, 0.6) is 0 Å². The first-order chi connectivity index (χ1) is 6.18. The zero-order valence-electron chi connectivity index (χ0n) is 7.95. The summed E-state index contributed by atoms with van der Waals surface area (Å²) in [5, 5.41) is 2.91. The normalized spacial score (nSPS) is 10.1. The topological polar surface area (TPSA) is 32.3 Å². The van der Waals surface area contributed by atoms with E-state index in [2.05, 4.69) is 17.9 Å². The van der Waals surface area contributed by atoms with E-state index in [0.717, 1.165) is 24.6 Å². The van der Waals surface area contributed by atoms with Gasteiger partial charge in [0, 0.05) is 31.6 Å². The van der Waals surface area contributed by atoms with Crippen LogP contribution in [0, 0.1) is 0 Å². The molecular weight excluding hydrogens is 224 g/mol. The number of nitrogens with zero attached hydrogens (tertiary/aromatic N) is 1. The molecule has 0 fully saturated rings. The number of amides is 1. The van der Waals surface area contributed by atoms with Gasteiger partial charge in [-0.2, -0.15) is 0 Å². The molecule has 0 atom stereocenters. The molecule has 1 N–H and O–H groups in total. The van der Waals surface area contributed by atoms with Crippen LogP contribution in [0.1, 0.15) is 0 Å². The molecule has 13 heavy (non-hydrogen) atoms. The molecule has 0 saturated carbocycles. The van der Waals surface area contributed by atoms with Crippen molar-refractivity contribution in [1.82, 2.24) is 10.2 Å². The fourth-order valence-electron chi connectivity index (χ4n) is 0.531. The summed E-state index contributed by atoms with van der Waals surface area (Å²) in [5.41, 5.74) is 0. The van der Waals surface area contributed by atoms with Gasteiger partial charge in [-0.05, 0) is 7.05 Å². The summed E-state index contributed by atoms with van der Waals surface area (Å²) in [6.07, 6.45) is 0. The molecular formula is C7H16N2OS3. The summed E-state index contributed by atoms with van der Waals surface area (Å²) in [5.74, 6) is 2.05. The third-order valence-corrected chi connectivity index (χ3v) is 4.08. The highest BCUT2D eigenvalue weighted by Crippen LogP contribution is 2.19. The average Bonchev–Trinajstić information content (AvgIpc) is 2.10. The lowest BCUT2D eigenvalue weighted by Gasteiger charge is -2.12. The van der Waals surface area contributed by atoms with Crippen molar-refractivity contribution in [3.05, 3.63) is 0 Å². The minimum atomic E-state index is -0.166. The summed E-state index contributed by atoms with van der Waals surface area (Å²) in [7, 11) is 7.31. The van der Waals surface area contributed by atoms with E-state index in [1.807, 2.05) is 17.8 Å². The molecule has 1 amide bonds. The average molecular weight is 240 g/mol. The van der Waals surface area contributed by atoms with E-state index in [4.69, 9.17) is 0 Å². The maximum Gasteiger partial charge on any atom is 0.278 e. The number of carbonyl (C=O) groups is 1. The number of rotatable bonds is 7. The second-order valence-electron chi connectivity index (χ2n) is 2.45. The van der Waals surface area contributed by atoms with E-state index in [1.54, 1.807) is 22.7 Å². The lowest BCUT2D eigenvalue weighted by Crippen LogP contribution is -2.23. The minimum absolute atomic E-state index is 0.166. The van der Waals surface area contributed by atoms with Crippen molar-refractivity contribution in [2.75, 3.05) is 38.7 Å². The molecule has 78 valence electrons. The van der Waals surface area contributed by atoms with Gasteiger partial charge in [0.05, 0.1) is 0 Å². The predicted molar refractivity (Wildman–Crippen MR) is 65.9 cm³/mol. The molecule has 0 aliphatic heterocycles. The van der Waals surface area contributed by atoms with Crippen molar-refractivity contribution in [3.8, 4) is 0 Å². The second kappa shape index (κ2) is 9.05. The summed E-state index contributed by atoms with van der Waals surface area (Å²) in [4.78, 5) is 12.3. The molecule has 0 radical (unpaired) electrons. The van der Waals surface area contributed by atoms with Gasteiger partial charge < -0.3 is 10.2 Å². The highest BCUT2D eigenvalue weighted by Gasteiger charge is 2.01.